The number of halogens is 2. The Balaban J connectivity index is 2.70. The number of hydrogen-bond donors (Lipinski definition) is 2. The topological polar surface area (TPSA) is 55.1 Å². The molecule has 0 fully saturated rings. The molecule has 0 saturated carbocycles. The van der Waals surface area contributed by atoms with Crippen molar-refractivity contribution in [1.82, 2.24) is 0 Å². The maximum atomic E-state index is 13.1. The van der Waals surface area contributed by atoms with Crippen molar-refractivity contribution < 1.29 is 13.6 Å². The highest BCUT2D eigenvalue weighted by molar-refractivity contribution is 6.05. The molecule has 68 valence electrons. The quantitative estimate of drug-likeness (QED) is 0.597. The monoisotopic (exact) mass is 184 g/mol. The van der Waals surface area contributed by atoms with E-state index in [1.165, 1.54) is 18.2 Å². The van der Waals surface area contributed by atoms with Crippen molar-refractivity contribution in [3.05, 3.63) is 23.8 Å². The van der Waals surface area contributed by atoms with Crippen LogP contribution in [-0.4, -0.2) is 5.91 Å². The Morgan fingerprint density at radius 1 is 1.38 bits per heavy atom. The lowest BCUT2D eigenvalue weighted by atomic mass is 10.1. The number of anilines is 2. The van der Waals surface area contributed by atoms with E-state index in [-0.39, 0.29) is 11.4 Å². The average molecular weight is 184 g/mol. The van der Waals surface area contributed by atoms with Gasteiger partial charge in [-0.05, 0) is 12.1 Å². The Morgan fingerprint density at radius 2 is 2.08 bits per heavy atom. The highest BCUT2D eigenvalue weighted by Gasteiger charge is 2.49. The second kappa shape index (κ2) is 2.18. The summed E-state index contributed by atoms with van der Waals surface area (Å²) in [5.41, 5.74) is 4.94. The van der Waals surface area contributed by atoms with E-state index in [0.717, 1.165) is 0 Å². The molecule has 1 aliphatic rings. The summed E-state index contributed by atoms with van der Waals surface area (Å²) >= 11 is 0. The molecular formula is C8H6F2N2O. The van der Waals surface area contributed by atoms with Gasteiger partial charge in [0.25, 0.3) is 5.91 Å². The first-order valence-electron chi connectivity index (χ1n) is 3.61. The number of benzene rings is 1. The van der Waals surface area contributed by atoms with Gasteiger partial charge >= 0.3 is 5.92 Å². The molecule has 0 radical (unpaired) electrons. The van der Waals surface area contributed by atoms with E-state index < -0.39 is 17.4 Å². The maximum Gasteiger partial charge on any atom is 0.354 e. The lowest BCUT2D eigenvalue weighted by Gasteiger charge is -2.08. The summed E-state index contributed by atoms with van der Waals surface area (Å²) in [4.78, 5) is 10.8. The van der Waals surface area contributed by atoms with E-state index in [1.807, 2.05) is 0 Å². The Labute approximate surface area is 72.5 Å². The predicted octanol–water partition coefficient (Wildman–Crippen LogP) is 1.31. The zero-order valence-electron chi connectivity index (χ0n) is 6.47. The van der Waals surface area contributed by atoms with Gasteiger partial charge in [-0.2, -0.15) is 8.78 Å². The minimum absolute atomic E-state index is 0.0687. The van der Waals surface area contributed by atoms with Crippen molar-refractivity contribution in [1.29, 1.82) is 0 Å². The van der Waals surface area contributed by atoms with Gasteiger partial charge < -0.3 is 11.1 Å². The van der Waals surface area contributed by atoms with Gasteiger partial charge in [-0.25, -0.2) is 0 Å². The molecule has 1 aliphatic heterocycles. The van der Waals surface area contributed by atoms with Crippen LogP contribution in [-0.2, 0) is 10.7 Å². The first-order valence-corrected chi connectivity index (χ1v) is 3.61. The van der Waals surface area contributed by atoms with Gasteiger partial charge in [-0.15, -0.1) is 0 Å². The standard InChI is InChI=1S/C8H6F2N2O/c9-8(10)6-4(11)2-1-3-5(6)12-7(8)13/h1-3H,11H2,(H,12,13). The second-order valence-corrected chi connectivity index (χ2v) is 2.80. The van der Waals surface area contributed by atoms with Gasteiger partial charge in [0.15, 0.2) is 0 Å². The predicted molar refractivity (Wildman–Crippen MR) is 43.4 cm³/mol. The van der Waals surface area contributed by atoms with Crippen LogP contribution in [0, 0.1) is 0 Å². The molecule has 0 unspecified atom stereocenters. The maximum absolute atomic E-state index is 13.1. The summed E-state index contributed by atoms with van der Waals surface area (Å²) in [6.07, 6.45) is 0. The van der Waals surface area contributed by atoms with Crippen LogP contribution >= 0.6 is 0 Å². The minimum Gasteiger partial charge on any atom is -0.398 e. The number of rotatable bonds is 0. The van der Waals surface area contributed by atoms with Crippen LogP contribution in [0.2, 0.25) is 0 Å². The lowest BCUT2D eigenvalue weighted by molar-refractivity contribution is -0.139. The van der Waals surface area contributed by atoms with Crippen LogP contribution in [0.1, 0.15) is 5.56 Å². The number of amides is 1. The molecule has 3 N–H and O–H groups in total. The molecule has 2 rings (SSSR count). The van der Waals surface area contributed by atoms with E-state index >= 15 is 0 Å². The average Bonchev–Trinajstić information content (AvgIpc) is 2.24. The van der Waals surface area contributed by atoms with Crippen molar-refractivity contribution >= 4 is 17.3 Å². The number of fused-ring (bicyclic) bond motifs is 1. The fourth-order valence-electron chi connectivity index (χ4n) is 1.34. The normalized spacial score (nSPS) is 18.2. The summed E-state index contributed by atoms with van der Waals surface area (Å²) in [5, 5.41) is 2.06. The molecule has 3 nitrogen and oxygen atoms in total. The third kappa shape index (κ3) is 0.898. The highest BCUT2D eigenvalue weighted by atomic mass is 19.3. The molecule has 0 aromatic heterocycles. The van der Waals surface area contributed by atoms with E-state index in [9.17, 15) is 13.6 Å². The zero-order chi connectivity index (χ0) is 9.64. The van der Waals surface area contributed by atoms with Crippen LogP contribution in [0.5, 0.6) is 0 Å². The number of alkyl halides is 2. The summed E-state index contributed by atoms with van der Waals surface area (Å²) in [6, 6.07) is 4.24. The van der Waals surface area contributed by atoms with Gasteiger partial charge in [0.2, 0.25) is 0 Å². The summed E-state index contributed by atoms with van der Waals surface area (Å²) < 4.78 is 26.2. The first kappa shape index (κ1) is 7.97. The molecule has 1 heterocycles. The van der Waals surface area contributed by atoms with Crippen LogP contribution < -0.4 is 11.1 Å². The molecule has 0 atom stereocenters. The van der Waals surface area contributed by atoms with E-state index in [0.29, 0.717) is 0 Å². The Bertz CT molecular complexity index is 390. The van der Waals surface area contributed by atoms with Crippen molar-refractivity contribution in [2.45, 2.75) is 5.92 Å². The van der Waals surface area contributed by atoms with E-state index in [2.05, 4.69) is 5.32 Å². The van der Waals surface area contributed by atoms with Gasteiger partial charge in [-0.3, -0.25) is 4.79 Å². The largest absolute Gasteiger partial charge is 0.398 e. The van der Waals surface area contributed by atoms with Crippen molar-refractivity contribution in [2.24, 2.45) is 0 Å². The molecule has 1 amide bonds. The SMILES string of the molecule is Nc1cccc2c1C(F)(F)C(=O)N2. The highest BCUT2D eigenvalue weighted by Crippen LogP contribution is 2.43. The molecule has 13 heavy (non-hydrogen) atoms. The van der Waals surface area contributed by atoms with Crippen LogP contribution in [0.3, 0.4) is 0 Å². The van der Waals surface area contributed by atoms with E-state index in [1.54, 1.807) is 0 Å². The minimum atomic E-state index is -3.50. The molecule has 1 aromatic carbocycles. The summed E-state index contributed by atoms with van der Waals surface area (Å²) in [5.74, 6) is -4.82. The molecule has 0 saturated heterocycles. The smallest absolute Gasteiger partial charge is 0.354 e. The number of nitrogens with two attached hydrogens (primary N) is 1. The summed E-state index contributed by atoms with van der Waals surface area (Å²) in [7, 11) is 0. The Hall–Kier alpha value is -1.65. The molecule has 5 heteroatoms. The number of carbonyl (C=O) groups is 1. The molecule has 1 aromatic rings. The first-order chi connectivity index (χ1) is 6.03. The molecule has 0 aliphatic carbocycles. The van der Waals surface area contributed by atoms with Crippen LogP contribution in [0.25, 0.3) is 0 Å². The number of nitrogen functional groups attached to an aromatic ring is 1. The fraction of sp³-hybridized carbons (Fsp3) is 0.125. The lowest BCUT2D eigenvalue weighted by Crippen LogP contribution is -2.24. The number of hydrogen-bond acceptors (Lipinski definition) is 2. The van der Waals surface area contributed by atoms with Gasteiger partial charge in [0.05, 0.1) is 11.3 Å². The van der Waals surface area contributed by atoms with E-state index in [4.69, 9.17) is 5.73 Å². The fourth-order valence-corrected chi connectivity index (χ4v) is 1.34. The number of carbonyl (C=O) groups excluding carboxylic acids is 1. The van der Waals surface area contributed by atoms with Gasteiger partial charge in [0.1, 0.15) is 0 Å². The molecule has 0 spiro atoms. The molecule has 0 bridgehead atoms. The van der Waals surface area contributed by atoms with Crippen LogP contribution in [0.4, 0.5) is 20.2 Å². The molecular weight excluding hydrogens is 178 g/mol. The zero-order valence-corrected chi connectivity index (χ0v) is 6.47. The third-order valence-corrected chi connectivity index (χ3v) is 1.94. The third-order valence-electron chi connectivity index (χ3n) is 1.94. The number of nitrogens with one attached hydrogen (secondary N) is 1. The van der Waals surface area contributed by atoms with Crippen LogP contribution in [0.15, 0.2) is 18.2 Å². The van der Waals surface area contributed by atoms with Crippen molar-refractivity contribution in [3.8, 4) is 0 Å². The Morgan fingerprint density at radius 3 is 2.69 bits per heavy atom. The van der Waals surface area contributed by atoms with Crippen molar-refractivity contribution in [3.63, 3.8) is 0 Å². The van der Waals surface area contributed by atoms with Crippen molar-refractivity contribution in [2.75, 3.05) is 11.1 Å². The second-order valence-electron chi connectivity index (χ2n) is 2.80. The van der Waals surface area contributed by atoms with Gasteiger partial charge in [0, 0.05) is 5.69 Å². The van der Waals surface area contributed by atoms with Gasteiger partial charge in [-0.1, -0.05) is 6.07 Å². The Kier molecular flexibility index (Phi) is 1.34. The summed E-state index contributed by atoms with van der Waals surface area (Å²) in [6.45, 7) is 0.